The monoisotopic (exact) mass is 324 g/mol. The summed E-state index contributed by atoms with van der Waals surface area (Å²) < 4.78 is 10.6. The standard InChI is InChI=1S/C19H20N2O3/c1-21(13-16-5-7-17(23-2)8-6-16)19(22)14-24-18-9-3-15(4-10-18)11-12-20/h3-10H,11,13-14H2,1-2H3. The predicted molar refractivity (Wildman–Crippen MR) is 90.7 cm³/mol. The van der Waals surface area contributed by atoms with E-state index in [4.69, 9.17) is 14.7 Å². The molecule has 0 saturated carbocycles. The fourth-order valence-corrected chi connectivity index (χ4v) is 2.14. The SMILES string of the molecule is COc1ccc(CN(C)C(=O)COc2ccc(CC#N)cc2)cc1. The zero-order valence-electron chi connectivity index (χ0n) is 13.9. The molecule has 0 aliphatic rings. The first-order chi connectivity index (χ1) is 11.6. The minimum atomic E-state index is -0.105. The van der Waals surface area contributed by atoms with Crippen LogP contribution in [0.4, 0.5) is 0 Å². The largest absolute Gasteiger partial charge is 0.497 e. The predicted octanol–water partition coefficient (Wildman–Crippen LogP) is 2.80. The van der Waals surface area contributed by atoms with Gasteiger partial charge in [-0.15, -0.1) is 0 Å². The van der Waals surface area contributed by atoms with Crippen LogP contribution in [0.1, 0.15) is 11.1 Å². The molecule has 0 aromatic heterocycles. The van der Waals surface area contributed by atoms with Crippen molar-refractivity contribution in [2.45, 2.75) is 13.0 Å². The van der Waals surface area contributed by atoms with Crippen LogP contribution in [0.15, 0.2) is 48.5 Å². The normalized spacial score (nSPS) is 9.88. The van der Waals surface area contributed by atoms with Crippen LogP contribution >= 0.6 is 0 Å². The molecule has 0 aliphatic carbocycles. The second kappa shape index (κ2) is 8.59. The Balaban J connectivity index is 1.83. The first kappa shape index (κ1) is 17.4. The minimum Gasteiger partial charge on any atom is -0.497 e. The summed E-state index contributed by atoms with van der Waals surface area (Å²) in [6.45, 7) is 0.484. The van der Waals surface area contributed by atoms with Gasteiger partial charge in [-0.25, -0.2) is 0 Å². The highest BCUT2D eigenvalue weighted by atomic mass is 16.5. The van der Waals surface area contributed by atoms with Crippen LogP contribution < -0.4 is 9.47 Å². The number of hydrogen-bond acceptors (Lipinski definition) is 4. The molecule has 0 radical (unpaired) electrons. The number of benzene rings is 2. The molecule has 0 saturated heterocycles. The average molecular weight is 324 g/mol. The molecule has 0 spiro atoms. The van der Waals surface area contributed by atoms with Gasteiger partial charge >= 0.3 is 0 Å². The summed E-state index contributed by atoms with van der Waals surface area (Å²) >= 11 is 0. The second-order valence-corrected chi connectivity index (χ2v) is 5.37. The zero-order chi connectivity index (χ0) is 17.4. The van der Waals surface area contributed by atoms with Crippen LogP contribution in [0.25, 0.3) is 0 Å². The van der Waals surface area contributed by atoms with Crippen LogP contribution in [0.5, 0.6) is 11.5 Å². The maximum Gasteiger partial charge on any atom is 0.260 e. The molecule has 2 rings (SSSR count). The first-order valence-electron chi connectivity index (χ1n) is 7.58. The average Bonchev–Trinajstić information content (AvgIpc) is 2.61. The van der Waals surface area contributed by atoms with Gasteiger partial charge in [-0.1, -0.05) is 24.3 Å². The summed E-state index contributed by atoms with van der Waals surface area (Å²) in [5, 5.41) is 8.64. The van der Waals surface area contributed by atoms with E-state index >= 15 is 0 Å². The van der Waals surface area contributed by atoms with E-state index in [0.29, 0.717) is 18.7 Å². The third-order valence-corrected chi connectivity index (χ3v) is 3.57. The third kappa shape index (κ3) is 5.03. The molecule has 0 heterocycles. The zero-order valence-corrected chi connectivity index (χ0v) is 13.9. The summed E-state index contributed by atoms with van der Waals surface area (Å²) in [4.78, 5) is 13.8. The van der Waals surface area contributed by atoms with Crippen molar-refractivity contribution in [3.05, 3.63) is 59.7 Å². The topological polar surface area (TPSA) is 62.6 Å². The number of rotatable bonds is 7. The highest BCUT2D eigenvalue weighted by molar-refractivity contribution is 5.77. The number of nitrogens with zero attached hydrogens (tertiary/aromatic N) is 2. The molecule has 0 fully saturated rings. The van der Waals surface area contributed by atoms with E-state index in [1.54, 1.807) is 31.2 Å². The van der Waals surface area contributed by atoms with Gasteiger partial charge in [0.05, 0.1) is 19.6 Å². The molecule has 0 aliphatic heterocycles. The van der Waals surface area contributed by atoms with E-state index in [0.717, 1.165) is 16.9 Å². The Morgan fingerprint density at radius 2 is 1.62 bits per heavy atom. The number of methoxy groups -OCH3 is 1. The van der Waals surface area contributed by atoms with Gasteiger partial charge in [0, 0.05) is 13.6 Å². The number of hydrogen-bond donors (Lipinski definition) is 0. The smallest absolute Gasteiger partial charge is 0.260 e. The van der Waals surface area contributed by atoms with Gasteiger partial charge in [-0.2, -0.15) is 5.26 Å². The lowest BCUT2D eigenvalue weighted by Gasteiger charge is -2.18. The number of carbonyl (C=O) groups is 1. The summed E-state index contributed by atoms with van der Waals surface area (Å²) in [6, 6.07) is 16.9. The molecule has 2 aromatic rings. The molecule has 5 heteroatoms. The molecule has 0 unspecified atom stereocenters. The van der Waals surface area contributed by atoms with Crippen molar-refractivity contribution in [1.29, 1.82) is 5.26 Å². The van der Waals surface area contributed by atoms with E-state index in [9.17, 15) is 4.79 Å². The lowest BCUT2D eigenvalue weighted by Crippen LogP contribution is -2.30. The Bertz CT molecular complexity index is 703. The molecule has 1 amide bonds. The van der Waals surface area contributed by atoms with Gasteiger partial charge in [0.15, 0.2) is 6.61 Å². The van der Waals surface area contributed by atoms with Crippen molar-refractivity contribution in [3.63, 3.8) is 0 Å². The number of nitriles is 1. The van der Waals surface area contributed by atoms with Gasteiger partial charge in [0.1, 0.15) is 11.5 Å². The third-order valence-electron chi connectivity index (χ3n) is 3.57. The summed E-state index contributed by atoms with van der Waals surface area (Å²) in [7, 11) is 3.36. The van der Waals surface area contributed by atoms with E-state index in [1.165, 1.54) is 0 Å². The summed E-state index contributed by atoms with van der Waals surface area (Å²) in [5.74, 6) is 1.30. The number of likely N-dealkylation sites (N-methyl/N-ethyl adjacent to an activating group) is 1. The van der Waals surface area contributed by atoms with Gasteiger partial charge in [0.2, 0.25) is 0 Å². The van der Waals surface area contributed by atoms with Crippen LogP contribution in [0.2, 0.25) is 0 Å². The fourth-order valence-electron chi connectivity index (χ4n) is 2.14. The summed E-state index contributed by atoms with van der Waals surface area (Å²) in [5.41, 5.74) is 1.94. The van der Waals surface area contributed by atoms with Crippen molar-refractivity contribution in [2.75, 3.05) is 20.8 Å². The van der Waals surface area contributed by atoms with Gasteiger partial charge in [-0.05, 0) is 35.4 Å². The molecule has 124 valence electrons. The molecule has 0 atom stereocenters. The molecule has 5 nitrogen and oxygen atoms in total. The second-order valence-electron chi connectivity index (χ2n) is 5.37. The Morgan fingerprint density at radius 3 is 2.21 bits per heavy atom. The lowest BCUT2D eigenvalue weighted by atomic mass is 10.2. The molecule has 0 N–H and O–H groups in total. The molecule has 24 heavy (non-hydrogen) atoms. The van der Waals surface area contributed by atoms with Gasteiger partial charge in [0.25, 0.3) is 5.91 Å². The Labute approximate surface area is 142 Å². The van der Waals surface area contributed by atoms with Crippen LogP contribution in [0, 0.1) is 11.3 Å². The van der Waals surface area contributed by atoms with Crippen molar-refractivity contribution >= 4 is 5.91 Å². The van der Waals surface area contributed by atoms with E-state index in [1.807, 2.05) is 36.4 Å². The number of amides is 1. The highest BCUT2D eigenvalue weighted by Gasteiger charge is 2.10. The van der Waals surface area contributed by atoms with E-state index in [-0.39, 0.29) is 12.5 Å². The number of ether oxygens (including phenoxy) is 2. The van der Waals surface area contributed by atoms with E-state index in [2.05, 4.69) is 6.07 Å². The summed E-state index contributed by atoms with van der Waals surface area (Å²) in [6.07, 6.45) is 0.365. The van der Waals surface area contributed by atoms with Crippen molar-refractivity contribution in [1.82, 2.24) is 4.90 Å². The maximum atomic E-state index is 12.1. The quantitative estimate of drug-likeness (QED) is 0.785. The van der Waals surface area contributed by atoms with Crippen molar-refractivity contribution in [2.24, 2.45) is 0 Å². The Kier molecular flexibility index (Phi) is 6.21. The molecule has 0 bridgehead atoms. The number of carbonyl (C=O) groups excluding carboxylic acids is 1. The Morgan fingerprint density at radius 1 is 1.04 bits per heavy atom. The van der Waals surface area contributed by atoms with Crippen LogP contribution in [0.3, 0.4) is 0 Å². The van der Waals surface area contributed by atoms with Crippen molar-refractivity contribution < 1.29 is 14.3 Å². The van der Waals surface area contributed by atoms with E-state index < -0.39 is 0 Å². The molecule has 2 aromatic carbocycles. The lowest BCUT2D eigenvalue weighted by molar-refractivity contribution is -0.132. The van der Waals surface area contributed by atoms with Crippen molar-refractivity contribution in [3.8, 4) is 17.6 Å². The minimum absolute atomic E-state index is 0.0236. The maximum absolute atomic E-state index is 12.1. The fraction of sp³-hybridized carbons (Fsp3) is 0.263. The van der Waals surface area contributed by atoms with Gasteiger partial charge < -0.3 is 14.4 Å². The Hall–Kier alpha value is -3.00. The molecular weight excluding hydrogens is 304 g/mol. The highest BCUT2D eigenvalue weighted by Crippen LogP contribution is 2.14. The van der Waals surface area contributed by atoms with Crippen LogP contribution in [-0.4, -0.2) is 31.6 Å². The van der Waals surface area contributed by atoms with Gasteiger partial charge in [-0.3, -0.25) is 4.79 Å². The molecular formula is C19H20N2O3. The first-order valence-corrected chi connectivity index (χ1v) is 7.58. The van der Waals surface area contributed by atoms with Crippen LogP contribution in [-0.2, 0) is 17.8 Å².